The van der Waals surface area contributed by atoms with Gasteiger partial charge in [0.25, 0.3) is 5.91 Å². The fourth-order valence-electron chi connectivity index (χ4n) is 4.53. The first-order chi connectivity index (χ1) is 12.5. The van der Waals surface area contributed by atoms with Gasteiger partial charge in [-0.25, -0.2) is 0 Å². The molecule has 0 radical (unpaired) electrons. The summed E-state index contributed by atoms with van der Waals surface area (Å²) in [6, 6.07) is 0.374. The van der Waals surface area contributed by atoms with Crippen molar-refractivity contribution in [2.75, 3.05) is 19.6 Å². The van der Waals surface area contributed by atoms with E-state index in [0.717, 1.165) is 50.6 Å². The molecule has 2 aliphatic heterocycles. The van der Waals surface area contributed by atoms with E-state index < -0.39 is 0 Å². The molecule has 3 aliphatic rings. The molecule has 144 valence electrons. The number of rotatable bonds is 7. The van der Waals surface area contributed by atoms with E-state index in [2.05, 4.69) is 5.32 Å². The predicted molar refractivity (Wildman–Crippen MR) is 99.3 cm³/mol. The van der Waals surface area contributed by atoms with Crippen LogP contribution < -0.4 is 5.32 Å². The Morgan fingerprint density at radius 1 is 1.19 bits per heavy atom. The van der Waals surface area contributed by atoms with Crippen molar-refractivity contribution in [1.29, 1.82) is 0 Å². The van der Waals surface area contributed by atoms with Crippen molar-refractivity contribution < 1.29 is 14.4 Å². The molecule has 0 bridgehead atoms. The zero-order valence-electron chi connectivity index (χ0n) is 16.1. The molecule has 3 amide bonds. The first-order valence-corrected chi connectivity index (χ1v) is 10.1. The van der Waals surface area contributed by atoms with E-state index in [4.69, 9.17) is 0 Å². The first-order valence-electron chi connectivity index (χ1n) is 10.1. The van der Waals surface area contributed by atoms with Crippen LogP contribution in [0.15, 0.2) is 11.1 Å². The maximum absolute atomic E-state index is 12.8. The Morgan fingerprint density at radius 2 is 2.00 bits per heavy atom. The number of carbonyl (C=O) groups excluding carboxylic acids is 3. The van der Waals surface area contributed by atoms with Crippen LogP contribution in [0.25, 0.3) is 0 Å². The summed E-state index contributed by atoms with van der Waals surface area (Å²) in [5.74, 6) is 0.195. The Hall–Kier alpha value is -1.85. The van der Waals surface area contributed by atoms with Gasteiger partial charge >= 0.3 is 0 Å². The average molecular weight is 361 g/mol. The molecule has 0 aromatic heterocycles. The molecule has 1 N–H and O–H groups in total. The van der Waals surface area contributed by atoms with Crippen molar-refractivity contribution in [1.82, 2.24) is 15.1 Å². The topological polar surface area (TPSA) is 69.7 Å². The highest BCUT2D eigenvalue weighted by Crippen LogP contribution is 2.38. The van der Waals surface area contributed by atoms with Crippen LogP contribution in [0.1, 0.15) is 65.2 Å². The lowest BCUT2D eigenvalue weighted by molar-refractivity contribution is -0.130. The van der Waals surface area contributed by atoms with Gasteiger partial charge in [0, 0.05) is 37.7 Å². The lowest BCUT2D eigenvalue weighted by Crippen LogP contribution is -2.41. The van der Waals surface area contributed by atoms with Crippen molar-refractivity contribution in [2.45, 2.75) is 77.3 Å². The van der Waals surface area contributed by atoms with Gasteiger partial charge in [0.2, 0.25) is 11.8 Å². The second-order valence-electron chi connectivity index (χ2n) is 7.94. The minimum absolute atomic E-state index is 0.0553. The van der Waals surface area contributed by atoms with Gasteiger partial charge in [0.05, 0.1) is 12.5 Å². The van der Waals surface area contributed by atoms with Crippen molar-refractivity contribution in [3.8, 4) is 0 Å². The minimum Gasteiger partial charge on any atom is -0.356 e. The molecular weight excluding hydrogens is 330 g/mol. The monoisotopic (exact) mass is 361 g/mol. The number of nitrogens with one attached hydrogen (secondary N) is 1. The number of likely N-dealkylation sites (tertiary alicyclic amines) is 1. The Kier molecular flexibility index (Phi) is 5.99. The van der Waals surface area contributed by atoms with Crippen molar-refractivity contribution in [3.05, 3.63) is 11.1 Å². The highest BCUT2D eigenvalue weighted by atomic mass is 16.2. The Balaban J connectivity index is 1.51. The van der Waals surface area contributed by atoms with Crippen LogP contribution in [-0.2, 0) is 14.4 Å². The van der Waals surface area contributed by atoms with Crippen molar-refractivity contribution in [3.63, 3.8) is 0 Å². The molecule has 26 heavy (non-hydrogen) atoms. The van der Waals surface area contributed by atoms with Gasteiger partial charge in [-0.05, 0) is 51.5 Å². The molecule has 3 rings (SSSR count). The zero-order chi connectivity index (χ0) is 18.7. The molecule has 0 spiro atoms. The Labute approximate surface area is 156 Å². The summed E-state index contributed by atoms with van der Waals surface area (Å²) in [6.45, 7) is 6.19. The first kappa shape index (κ1) is 18.9. The highest BCUT2D eigenvalue weighted by Gasteiger charge is 2.41. The van der Waals surface area contributed by atoms with Gasteiger partial charge in [-0.1, -0.05) is 6.42 Å². The van der Waals surface area contributed by atoms with Crippen LogP contribution in [0, 0.1) is 0 Å². The smallest absolute Gasteiger partial charge is 0.251 e. The zero-order valence-corrected chi connectivity index (χ0v) is 16.1. The van der Waals surface area contributed by atoms with E-state index in [-0.39, 0.29) is 36.2 Å². The van der Waals surface area contributed by atoms with Crippen LogP contribution in [0.4, 0.5) is 0 Å². The summed E-state index contributed by atoms with van der Waals surface area (Å²) in [7, 11) is 0. The van der Waals surface area contributed by atoms with Gasteiger partial charge in [0.1, 0.15) is 0 Å². The third-order valence-electron chi connectivity index (χ3n) is 5.78. The second kappa shape index (κ2) is 8.23. The molecule has 6 nitrogen and oxygen atoms in total. The van der Waals surface area contributed by atoms with Gasteiger partial charge < -0.3 is 15.1 Å². The normalized spacial score (nSPS) is 23.3. The van der Waals surface area contributed by atoms with E-state index in [1.54, 1.807) is 0 Å². The molecule has 1 atom stereocenters. The summed E-state index contributed by atoms with van der Waals surface area (Å²) in [6.07, 6.45) is 6.78. The molecule has 0 aromatic carbocycles. The summed E-state index contributed by atoms with van der Waals surface area (Å²) in [5.41, 5.74) is 1.93. The Bertz CT molecular complexity index is 611. The number of hydrogen-bond donors (Lipinski definition) is 1. The molecule has 2 heterocycles. The molecule has 1 saturated heterocycles. The van der Waals surface area contributed by atoms with Crippen molar-refractivity contribution >= 4 is 17.7 Å². The van der Waals surface area contributed by atoms with E-state index >= 15 is 0 Å². The van der Waals surface area contributed by atoms with Crippen LogP contribution in [0.2, 0.25) is 0 Å². The number of hydrogen-bond acceptors (Lipinski definition) is 3. The molecule has 2 fully saturated rings. The molecule has 0 aromatic rings. The molecule has 1 aliphatic carbocycles. The van der Waals surface area contributed by atoms with Crippen LogP contribution in [-0.4, -0.2) is 59.2 Å². The van der Waals surface area contributed by atoms with Crippen LogP contribution >= 0.6 is 0 Å². The highest BCUT2D eigenvalue weighted by molar-refractivity contribution is 6.02. The second-order valence-corrected chi connectivity index (χ2v) is 7.94. The van der Waals surface area contributed by atoms with Gasteiger partial charge in [0.15, 0.2) is 0 Å². The predicted octanol–water partition coefficient (Wildman–Crippen LogP) is 1.99. The average Bonchev–Trinajstić information content (AvgIpc) is 3.13. The SMILES string of the molecule is CC(C)N1C(=O)C(CC(=O)NCCCN2CCCC2=O)=C2CCCCC21. The molecule has 1 unspecified atom stereocenters. The number of fused-ring (bicyclic) bond motifs is 1. The molecule has 1 saturated carbocycles. The van der Waals surface area contributed by atoms with Gasteiger partial charge in [-0.3, -0.25) is 14.4 Å². The number of amides is 3. The number of nitrogens with zero attached hydrogens (tertiary/aromatic N) is 2. The lowest BCUT2D eigenvalue weighted by atomic mass is 9.88. The van der Waals surface area contributed by atoms with E-state index in [1.165, 1.54) is 5.57 Å². The maximum atomic E-state index is 12.8. The number of carbonyl (C=O) groups is 3. The summed E-state index contributed by atoms with van der Waals surface area (Å²) in [5, 5.41) is 2.93. The third-order valence-corrected chi connectivity index (χ3v) is 5.78. The van der Waals surface area contributed by atoms with E-state index in [1.807, 2.05) is 23.6 Å². The lowest BCUT2D eigenvalue weighted by Gasteiger charge is -2.33. The Morgan fingerprint density at radius 3 is 2.69 bits per heavy atom. The summed E-state index contributed by atoms with van der Waals surface area (Å²) >= 11 is 0. The maximum Gasteiger partial charge on any atom is 0.251 e. The standard InChI is InChI=1S/C20H31N3O3/c1-14(2)23-17-8-4-3-7-15(17)16(20(23)26)13-18(24)21-10-6-12-22-11-5-9-19(22)25/h14,17H,3-13H2,1-2H3,(H,21,24). The summed E-state index contributed by atoms with van der Waals surface area (Å²) < 4.78 is 0. The van der Waals surface area contributed by atoms with Crippen molar-refractivity contribution in [2.24, 2.45) is 0 Å². The molecular formula is C20H31N3O3. The molecule has 6 heteroatoms. The van der Waals surface area contributed by atoms with E-state index in [9.17, 15) is 14.4 Å². The van der Waals surface area contributed by atoms with Gasteiger partial charge in [-0.2, -0.15) is 0 Å². The quantitative estimate of drug-likeness (QED) is 0.705. The van der Waals surface area contributed by atoms with E-state index in [0.29, 0.717) is 19.5 Å². The fourth-order valence-corrected chi connectivity index (χ4v) is 4.53. The fraction of sp³-hybridized carbons (Fsp3) is 0.750. The minimum atomic E-state index is -0.0801. The van der Waals surface area contributed by atoms with Crippen LogP contribution in [0.3, 0.4) is 0 Å². The van der Waals surface area contributed by atoms with Crippen LogP contribution in [0.5, 0.6) is 0 Å². The third kappa shape index (κ3) is 3.94. The van der Waals surface area contributed by atoms with Gasteiger partial charge in [-0.15, -0.1) is 0 Å². The summed E-state index contributed by atoms with van der Waals surface area (Å²) in [4.78, 5) is 40.6. The largest absolute Gasteiger partial charge is 0.356 e.